The van der Waals surface area contributed by atoms with Gasteiger partial charge in [-0.1, -0.05) is 15.9 Å². The number of halogens is 2. The maximum Gasteiger partial charge on any atom is 0.123 e. The zero-order chi connectivity index (χ0) is 11.9. The van der Waals surface area contributed by atoms with Crippen molar-refractivity contribution < 1.29 is 4.39 Å². The molecule has 1 N–H and O–H groups in total. The molecule has 0 radical (unpaired) electrons. The molecule has 0 bridgehead atoms. The lowest BCUT2D eigenvalue weighted by Crippen LogP contribution is -2.25. The zero-order valence-corrected chi connectivity index (χ0v) is 11.4. The van der Waals surface area contributed by atoms with Gasteiger partial charge in [0.15, 0.2) is 0 Å². The van der Waals surface area contributed by atoms with Crippen molar-refractivity contribution in [2.75, 3.05) is 6.54 Å². The molecule has 0 aromatic heterocycles. The van der Waals surface area contributed by atoms with Crippen molar-refractivity contribution in [3.8, 4) is 0 Å². The molecule has 0 amide bonds. The topological polar surface area (TPSA) is 12.0 Å². The molecule has 0 heterocycles. The molecular formula is C14H17BrFN. The van der Waals surface area contributed by atoms with Gasteiger partial charge in [0.25, 0.3) is 0 Å². The number of hydrogen-bond acceptors (Lipinski definition) is 1. The molecule has 0 saturated heterocycles. The third-order valence-electron chi connectivity index (χ3n) is 4.14. The molecule has 0 aliphatic heterocycles. The lowest BCUT2D eigenvalue weighted by molar-refractivity contribution is 0.403. The van der Waals surface area contributed by atoms with Gasteiger partial charge in [-0.05, 0) is 60.8 Å². The van der Waals surface area contributed by atoms with Crippen LogP contribution in [-0.4, -0.2) is 6.54 Å². The summed E-state index contributed by atoms with van der Waals surface area (Å²) in [7, 11) is 0. The maximum absolute atomic E-state index is 13.1. The van der Waals surface area contributed by atoms with Crippen molar-refractivity contribution in [1.82, 2.24) is 5.32 Å². The van der Waals surface area contributed by atoms with Crippen LogP contribution in [0, 0.1) is 17.2 Å². The van der Waals surface area contributed by atoms with Gasteiger partial charge in [-0.15, -0.1) is 0 Å². The Hall–Kier alpha value is -0.410. The zero-order valence-electron chi connectivity index (χ0n) is 9.81. The van der Waals surface area contributed by atoms with Crippen molar-refractivity contribution in [3.63, 3.8) is 0 Å². The van der Waals surface area contributed by atoms with Gasteiger partial charge in [0.2, 0.25) is 0 Å². The number of nitrogens with one attached hydrogen (secondary N) is 1. The molecule has 2 aliphatic rings. The molecule has 2 aliphatic carbocycles. The minimum absolute atomic E-state index is 0.159. The largest absolute Gasteiger partial charge is 0.312 e. The van der Waals surface area contributed by atoms with Crippen molar-refractivity contribution in [2.24, 2.45) is 11.3 Å². The average molecular weight is 298 g/mol. The second kappa shape index (κ2) is 4.36. The summed E-state index contributed by atoms with van der Waals surface area (Å²) in [4.78, 5) is 0. The fourth-order valence-corrected chi connectivity index (χ4v) is 3.10. The molecule has 3 heteroatoms. The van der Waals surface area contributed by atoms with Crippen molar-refractivity contribution in [2.45, 2.75) is 32.2 Å². The molecule has 1 nitrogen and oxygen atoms in total. The minimum atomic E-state index is -0.159. The highest BCUT2D eigenvalue weighted by Crippen LogP contribution is 2.60. The van der Waals surface area contributed by atoms with E-state index in [4.69, 9.17) is 0 Å². The Labute approximate surface area is 110 Å². The van der Waals surface area contributed by atoms with E-state index < -0.39 is 0 Å². The first-order chi connectivity index (χ1) is 8.20. The predicted octanol–water partition coefficient (Wildman–Crippen LogP) is 3.87. The standard InChI is InChI=1S/C14H17BrFN/c15-13-4-3-12(16)7-10(13)8-17-9-14(5-6-14)11-1-2-11/h3-4,7,11,17H,1-2,5-6,8-9H2. The smallest absolute Gasteiger partial charge is 0.123 e. The Bertz CT molecular complexity index is 424. The highest BCUT2D eigenvalue weighted by atomic mass is 79.9. The van der Waals surface area contributed by atoms with Crippen LogP contribution in [-0.2, 0) is 6.54 Å². The first-order valence-electron chi connectivity index (χ1n) is 6.34. The first-order valence-corrected chi connectivity index (χ1v) is 7.14. The van der Waals surface area contributed by atoms with Crippen LogP contribution in [0.1, 0.15) is 31.2 Å². The molecule has 2 fully saturated rings. The van der Waals surface area contributed by atoms with E-state index in [1.807, 2.05) is 0 Å². The van der Waals surface area contributed by atoms with Crippen LogP contribution < -0.4 is 5.32 Å². The minimum Gasteiger partial charge on any atom is -0.312 e. The maximum atomic E-state index is 13.1. The van der Waals surface area contributed by atoms with Gasteiger partial charge < -0.3 is 5.32 Å². The average Bonchev–Trinajstić information content (AvgIpc) is 3.14. The Morgan fingerprint density at radius 1 is 1.35 bits per heavy atom. The summed E-state index contributed by atoms with van der Waals surface area (Å²) in [6.45, 7) is 1.85. The van der Waals surface area contributed by atoms with E-state index in [1.165, 1.54) is 31.7 Å². The summed E-state index contributed by atoms with van der Waals surface area (Å²) < 4.78 is 14.1. The second-order valence-corrected chi connectivity index (χ2v) is 6.33. The number of rotatable bonds is 5. The third-order valence-corrected chi connectivity index (χ3v) is 4.91. The van der Waals surface area contributed by atoms with E-state index in [0.29, 0.717) is 5.41 Å². The quantitative estimate of drug-likeness (QED) is 0.870. The lowest BCUT2D eigenvalue weighted by atomic mass is 10.0. The monoisotopic (exact) mass is 297 g/mol. The van der Waals surface area contributed by atoms with Crippen LogP contribution in [0.15, 0.2) is 22.7 Å². The Kier molecular flexibility index (Phi) is 2.99. The van der Waals surface area contributed by atoms with Gasteiger partial charge in [-0.3, -0.25) is 0 Å². The van der Waals surface area contributed by atoms with Crippen molar-refractivity contribution in [3.05, 3.63) is 34.1 Å². The molecule has 0 unspecified atom stereocenters. The van der Waals surface area contributed by atoms with Crippen molar-refractivity contribution >= 4 is 15.9 Å². The highest BCUT2D eigenvalue weighted by Gasteiger charge is 2.53. The van der Waals surface area contributed by atoms with Gasteiger partial charge in [0, 0.05) is 17.6 Å². The van der Waals surface area contributed by atoms with Gasteiger partial charge in [-0.25, -0.2) is 4.39 Å². The Balaban J connectivity index is 1.55. The molecule has 1 aromatic rings. The molecule has 3 rings (SSSR count). The molecule has 92 valence electrons. The fourth-order valence-electron chi connectivity index (χ4n) is 2.71. The van der Waals surface area contributed by atoms with Crippen LogP contribution >= 0.6 is 15.9 Å². The van der Waals surface area contributed by atoms with Crippen LogP contribution in [0.2, 0.25) is 0 Å². The van der Waals surface area contributed by atoms with E-state index in [9.17, 15) is 4.39 Å². The van der Waals surface area contributed by atoms with Gasteiger partial charge in [0.1, 0.15) is 5.82 Å². The summed E-state index contributed by atoms with van der Waals surface area (Å²) in [5.74, 6) is 0.819. The summed E-state index contributed by atoms with van der Waals surface area (Å²) >= 11 is 3.46. The second-order valence-electron chi connectivity index (χ2n) is 5.48. The van der Waals surface area contributed by atoms with Crippen LogP contribution in [0.5, 0.6) is 0 Å². The first kappa shape index (κ1) is 11.7. The summed E-state index contributed by atoms with van der Waals surface area (Å²) in [5, 5.41) is 3.50. The molecule has 0 atom stereocenters. The molecule has 2 saturated carbocycles. The summed E-state index contributed by atoms with van der Waals surface area (Å²) in [6.07, 6.45) is 5.61. The van der Waals surface area contributed by atoms with Crippen LogP contribution in [0.4, 0.5) is 4.39 Å². The van der Waals surface area contributed by atoms with E-state index in [2.05, 4.69) is 21.2 Å². The van der Waals surface area contributed by atoms with Crippen LogP contribution in [0.3, 0.4) is 0 Å². The van der Waals surface area contributed by atoms with Crippen molar-refractivity contribution in [1.29, 1.82) is 0 Å². The van der Waals surface area contributed by atoms with Gasteiger partial charge in [-0.2, -0.15) is 0 Å². The molecule has 17 heavy (non-hydrogen) atoms. The van der Waals surface area contributed by atoms with E-state index in [-0.39, 0.29) is 5.82 Å². The summed E-state index contributed by atoms with van der Waals surface area (Å²) in [6, 6.07) is 4.87. The predicted molar refractivity (Wildman–Crippen MR) is 70.2 cm³/mol. The Morgan fingerprint density at radius 3 is 2.76 bits per heavy atom. The van der Waals surface area contributed by atoms with Gasteiger partial charge in [0.05, 0.1) is 0 Å². The SMILES string of the molecule is Fc1ccc(Br)c(CNCC2(C3CC3)CC2)c1. The summed E-state index contributed by atoms with van der Waals surface area (Å²) in [5.41, 5.74) is 1.62. The molecule has 1 aromatic carbocycles. The van der Waals surface area contributed by atoms with E-state index >= 15 is 0 Å². The highest BCUT2D eigenvalue weighted by molar-refractivity contribution is 9.10. The lowest BCUT2D eigenvalue weighted by Gasteiger charge is -2.15. The third kappa shape index (κ3) is 2.55. The van der Waals surface area contributed by atoms with E-state index in [0.717, 1.165) is 29.0 Å². The molecular weight excluding hydrogens is 281 g/mol. The normalized spacial score (nSPS) is 21.5. The van der Waals surface area contributed by atoms with E-state index in [1.54, 1.807) is 12.1 Å². The number of benzene rings is 1. The fraction of sp³-hybridized carbons (Fsp3) is 0.571. The number of hydrogen-bond donors (Lipinski definition) is 1. The van der Waals surface area contributed by atoms with Crippen LogP contribution in [0.25, 0.3) is 0 Å². The van der Waals surface area contributed by atoms with Gasteiger partial charge >= 0.3 is 0 Å². The Morgan fingerprint density at radius 2 is 2.12 bits per heavy atom. The molecule has 0 spiro atoms.